The highest BCUT2D eigenvalue weighted by atomic mass is 35.5. The Balaban J connectivity index is 1.45. The standard InChI is InChI=1S/C27H28ClN7O2/c1-16-10-21(11-17(2)18(16)3)32-25-22(28)15-30-26(35-25)34-23-8-7-20(12-24(23)37-4)33-27(36)31-14-19-6-5-9-29-13-19/h5-13,15H,14H2,1-4H3,(H2,31,33,36)(H2,30,32,34,35). The molecule has 0 spiro atoms. The maximum Gasteiger partial charge on any atom is 0.319 e. The molecule has 4 N–H and O–H groups in total. The monoisotopic (exact) mass is 517 g/mol. The van der Waals surface area contributed by atoms with Crippen LogP contribution in [0.1, 0.15) is 22.3 Å². The van der Waals surface area contributed by atoms with E-state index in [1.807, 2.05) is 12.1 Å². The number of ether oxygens (including phenoxy) is 1. The zero-order valence-electron chi connectivity index (χ0n) is 21.0. The lowest BCUT2D eigenvalue weighted by Gasteiger charge is -2.15. The minimum absolute atomic E-state index is 0.334. The summed E-state index contributed by atoms with van der Waals surface area (Å²) < 4.78 is 5.52. The number of pyridine rings is 1. The lowest BCUT2D eigenvalue weighted by Crippen LogP contribution is -2.28. The first kappa shape index (κ1) is 25.7. The van der Waals surface area contributed by atoms with E-state index in [0.717, 1.165) is 11.3 Å². The largest absolute Gasteiger partial charge is 0.494 e. The summed E-state index contributed by atoms with van der Waals surface area (Å²) in [6.45, 7) is 6.59. The van der Waals surface area contributed by atoms with Crippen LogP contribution in [-0.2, 0) is 6.54 Å². The smallest absolute Gasteiger partial charge is 0.319 e. The van der Waals surface area contributed by atoms with Crippen LogP contribution in [0.5, 0.6) is 5.75 Å². The molecule has 0 aliphatic heterocycles. The molecule has 0 bridgehead atoms. The van der Waals surface area contributed by atoms with Gasteiger partial charge in [0.05, 0.1) is 19.0 Å². The van der Waals surface area contributed by atoms with Crippen LogP contribution in [0.15, 0.2) is 61.1 Å². The zero-order chi connectivity index (χ0) is 26.4. The Morgan fingerprint density at radius 3 is 2.49 bits per heavy atom. The molecule has 0 unspecified atom stereocenters. The third kappa shape index (κ3) is 6.65. The van der Waals surface area contributed by atoms with Gasteiger partial charge in [0.25, 0.3) is 0 Å². The Labute approximate surface area is 220 Å². The van der Waals surface area contributed by atoms with E-state index >= 15 is 0 Å². The lowest BCUT2D eigenvalue weighted by atomic mass is 10.0. The Hall–Kier alpha value is -4.37. The number of carbonyl (C=O) groups excluding carboxylic acids is 1. The van der Waals surface area contributed by atoms with Gasteiger partial charge in [-0.1, -0.05) is 17.7 Å². The normalized spacial score (nSPS) is 10.5. The van der Waals surface area contributed by atoms with Crippen LogP contribution >= 0.6 is 11.6 Å². The SMILES string of the molecule is COc1cc(NC(=O)NCc2cccnc2)ccc1Nc1ncc(Cl)c(Nc2cc(C)c(C)c(C)c2)n1. The molecular weight excluding hydrogens is 490 g/mol. The van der Waals surface area contributed by atoms with Gasteiger partial charge < -0.3 is 26.0 Å². The molecule has 2 aromatic heterocycles. The number of hydrogen-bond acceptors (Lipinski definition) is 7. The number of urea groups is 1. The van der Waals surface area contributed by atoms with Gasteiger partial charge in [-0.2, -0.15) is 4.98 Å². The van der Waals surface area contributed by atoms with E-state index in [4.69, 9.17) is 16.3 Å². The van der Waals surface area contributed by atoms with Gasteiger partial charge in [0.15, 0.2) is 5.82 Å². The number of aryl methyl sites for hydroxylation is 2. The number of carbonyl (C=O) groups is 1. The van der Waals surface area contributed by atoms with Crippen LogP contribution < -0.4 is 26.0 Å². The second-order valence-electron chi connectivity index (χ2n) is 8.46. The maximum absolute atomic E-state index is 12.3. The molecular formula is C27H28ClN7O2. The molecule has 0 saturated heterocycles. The molecule has 9 nitrogen and oxygen atoms in total. The number of nitrogens with one attached hydrogen (secondary N) is 4. The molecule has 4 rings (SSSR count). The van der Waals surface area contributed by atoms with Crippen molar-refractivity contribution in [3.63, 3.8) is 0 Å². The Kier molecular flexibility index (Phi) is 8.05. The molecule has 0 atom stereocenters. The lowest BCUT2D eigenvalue weighted by molar-refractivity contribution is 0.251. The molecule has 0 fully saturated rings. The molecule has 37 heavy (non-hydrogen) atoms. The number of nitrogens with zero attached hydrogens (tertiary/aromatic N) is 3. The topological polar surface area (TPSA) is 113 Å². The fourth-order valence-electron chi connectivity index (χ4n) is 3.61. The molecule has 10 heteroatoms. The van der Waals surface area contributed by atoms with Crippen LogP contribution in [-0.4, -0.2) is 28.1 Å². The molecule has 0 saturated carbocycles. The number of halogens is 1. The van der Waals surface area contributed by atoms with Crippen molar-refractivity contribution in [2.45, 2.75) is 27.3 Å². The summed E-state index contributed by atoms with van der Waals surface area (Å²) in [6, 6.07) is 12.7. The van der Waals surface area contributed by atoms with E-state index < -0.39 is 0 Å². The molecule has 190 valence electrons. The summed E-state index contributed by atoms with van der Waals surface area (Å²) in [6.07, 6.45) is 4.91. The van der Waals surface area contributed by atoms with Gasteiger partial charge in [0.1, 0.15) is 10.8 Å². The number of rotatable bonds is 8. The molecule has 0 radical (unpaired) electrons. The minimum Gasteiger partial charge on any atom is -0.494 e. The number of amides is 2. The summed E-state index contributed by atoms with van der Waals surface area (Å²) >= 11 is 6.36. The van der Waals surface area contributed by atoms with Crippen LogP contribution in [0.3, 0.4) is 0 Å². The van der Waals surface area contributed by atoms with Crippen molar-refractivity contribution in [1.82, 2.24) is 20.3 Å². The number of anilines is 5. The predicted octanol–water partition coefficient (Wildman–Crippen LogP) is 6.27. The van der Waals surface area contributed by atoms with E-state index in [-0.39, 0.29) is 6.03 Å². The molecule has 4 aromatic rings. The zero-order valence-corrected chi connectivity index (χ0v) is 21.8. The van der Waals surface area contributed by atoms with Crippen LogP contribution in [0.4, 0.5) is 33.6 Å². The first-order valence-electron chi connectivity index (χ1n) is 11.6. The third-order valence-corrected chi connectivity index (χ3v) is 6.09. The number of aromatic nitrogens is 3. The van der Waals surface area contributed by atoms with Crippen LogP contribution in [0.25, 0.3) is 0 Å². The van der Waals surface area contributed by atoms with Crippen molar-refractivity contribution in [2.75, 3.05) is 23.1 Å². The summed E-state index contributed by atoms with van der Waals surface area (Å²) in [5, 5.41) is 12.4. The van der Waals surface area contributed by atoms with Gasteiger partial charge in [-0.3, -0.25) is 4.98 Å². The Morgan fingerprint density at radius 2 is 1.78 bits per heavy atom. The molecule has 0 aliphatic rings. The third-order valence-electron chi connectivity index (χ3n) is 5.82. The summed E-state index contributed by atoms with van der Waals surface area (Å²) in [4.78, 5) is 25.2. The van der Waals surface area contributed by atoms with Crippen LogP contribution in [0.2, 0.25) is 5.02 Å². The first-order valence-corrected chi connectivity index (χ1v) is 12.0. The van der Waals surface area contributed by atoms with Crippen LogP contribution in [0, 0.1) is 20.8 Å². The van der Waals surface area contributed by atoms with Crippen molar-refractivity contribution in [1.29, 1.82) is 0 Å². The predicted molar refractivity (Wildman–Crippen MR) is 147 cm³/mol. The fourth-order valence-corrected chi connectivity index (χ4v) is 3.75. The number of hydrogen-bond donors (Lipinski definition) is 4. The van der Waals surface area contributed by atoms with Gasteiger partial charge >= 0.3 is 6.03 Å². The number of methoxy groups -OCH3 is 1. The number of benzene rings is 2. The average Bonchev–Trinajstić information content (AvgIpc) is 2.89. The average molecular weight is 518 g/mol. The highest BCUT2D eigenvalue weighted by Crippen LogP contribution is 2.31. The minimum atomic E-state index is -0.343. The van der Waals surface area contributed by atoms with Gasteiger partial charge in [-0.15, -0.1) is 0 Å². The maximum atomic E-state index is 12.3. The van der Waals surface area contributed by atoms with E-state index in [9.17, 15) is 4.79 Å². The van der Waals surface area contributed by atoms with E-state index in [1.54, 1.807) is 37.7 Å². The molecule has 2 aromatic carbocycles. The van der Waals surface area contributed by atoms with Gasteiger partial charge in [-0.05, 0) is 73.4 Å². The van der Waals surface area contributed by atoms with Gasteiger partial charge in [-0.25, -0.2) is 9.78 Å². The quantitative estimate of drug-likeness (QED) is 0.218. The van der Waals surface area contributed by atoms with Crippen molar-refractivity contribution < 1.29 is 9.53 Å². The second-order valence-corrected chi connectivity index (χ2v) is 8.87. The second kappa shape index (κ2) is 11.6. The highest BCUT2D eigenvalue weighted by Gasteiger charge is 2.12. The van der Waals surface area contributed by atoms with Crippen molar-refractivity contribution >= 4 is 46.5 Å². The first-order chi connectivity index (χ1) is 17.8. The van der Waals surface area contributed by atoms with E-state index in [0.29, 0.717) is 40.5 Å². The van der Waals surface area contributed by atoms with E-state index in [2.05, 4.69) is 69.1 Å². The highest BCUT2D eigenvalue weighted by molar-refractivity contribution is 6.32. The van der Waals surface area contributed by atoms with Gasteiger partial charge in [0.2, 0.25) is 5.95 Å². The fraction of sp³-hybridized carbons (Fsp3) is 0.185. The van der Waals surface area contributed by atoms with Crippen molar-refractivity contribution in [2.24, 2.45) is 0 Å². The molecule has 2 amide bonds. The molecule has 0 aliphatic carbocycles. The Bertz CT molecular complexity index is 1390. The summed E-state index contributed by atoms with van der Waals surface area (Å²) in [5.41, 5.74) is 6.58. The van der Waals surface area contributed by atoms with E-state index in [1.165, 1.54) is 22.9 Å². The van der Waals surface area contributed by atoms with Crippen molar-refractivity contribution in [3.8, 4) is 5.75 Å². The van der Waals surface area contributed by atoms with Crippen molar-refractivity contribution in [3.05, 3.63) is 88.3 Å². The van der Waals surface area contributed by atoms with Gasteiger partial charge in [0, 0.05) is 36.4 Å². The summed E-state index contributed by atoms with van der Waals surface area (Å²) in [7, 11) is 1.55. The molecule has 2 heterocycles. The Morgan fingerprint density at radius 1 is 1.00 bits per heavy atom. The summed E-state index contributed by atoms with van der Waals surface area (Å²) in [5.74, 6) is 1.31.